The number of hydrogen-bond donors (Lipinski definition) is 1. The minimum absolute atomic E-state index is 0.303. The number of ether oxygens (including phenoxy) is 4. The molecule has 0 aliphatic carbocycles. The number of carbonyl (C=O) groups is 1. The Labute approximate surface area is 119 Å². The van der Waals surface area contributed by atoms with Crippen molar-refractivity contribution in [2.24, 2.45) is 0 Å². The SMILES string of the molecule is CCOC(=O)C(NC)c1c(OC)cc(OC)cc1OC. The largest absolute Gasteiger partial charge is 0.496 e. The van der Waals surface area contributed by atoms with E-state index in [0.29, 0.717) is 29.4 Å². The Hall–Kier alpha value is -1.95. The summed E-state index contributed by atoms with van der Waals surface area (Å²) in [5.74, 6) is 1.18. The van der Waals surface area contributed by atoms with Gasteiger partial charge in [-0.25, -0.2) is 4.79 Å². The summed E-state index contributed by atoms with van der Waals surface area (Å²) in [4.78, 5) is 12.0. The molecular formula is C14H21NO5. The second-order valence-corrected chi connectivity index (χ2v) is 3.92. The molecule has 0 bridgehead atoms. The Bertz CT molecular complexity index is 436. The molecule has 1 unspecified atom stereocenters. The van der Waals surface area contributed by atoms with Gasteiger partial charge in [-0.1, -0.05) is 0 Å². The third-order valence-electron chi connectivity index (χ3n) is 2.85. The third-order valence-corrected chi connectivity index (χ3v) is 2.85. The highest BCUT2D eigenvalue weighted by atomic mass is 16.5. The number of esters is 1. The lowest BCUT2D eigenvalue weighted by atomic mass is 10.0. The van der Waals surface area contributed by atoms with Crippen molar-refractivity contribution in [2.45, 2.75) is 13.0 Å². The van der Waals surface area contributed by atoms with Gasteiger partial charge in [-0.15, -0.1) is 0 Å². The van der Waals surface area contributed by atoms with Crippen molar-refractivity contribution in [3.63, 3.8) is 0 Å². The van der Waals surface area contributed by atoms with E-state index in [1.54, 1.807) is 33.2 Å². The summed E-state index contributed by atoms with van der Waals surface area (Å²) in [6, 6.07) is 2.72. The van der Waals surface area contributed by atoms with Crippen LogP contribution in [0.2, 0.25) is 0 Å². The van der Waals surface area contributed by atoms with Gasteiger partial charge < -0.3 is 24.3 Å². The van der Waals surface area contributed by atoms with Crippen molar-refractivity contribution in [3.05, 3.63) is 17.7 Å². The molecule has 0 heterocycles. The first-order chi connectivity index (χ1) is 9.62. The Morgan fingerprint density at radius 3 is 2.05 bits per heavy atom. The second-order valence-electron chi connectivity index (χ2n) is 3.92. The Morgan fingerprint density at radius 2 is 1.70 bits per heavy atom. The van der Waals surface area contributed by atoms with Crippen molar-refractivity contribution in [2.75, 3.05) is 35.0 Å². The zero-order valence-corrected chi connectivity index (χ0v) is 12.5. The number of rotatable bonds is 7. The molecule has 0 amide bonds. The van der Waals surface area contributed by atoms with Gasteiger partial charge in [-0.3, -0.25) is 0 Å². The normalized spacial score (nSPS) is 11.7. The molecule has 6 heteroatoms. The number of benzene rings is 1. The van der Waals surface area contributed by atoms with E-state index >= 15 is 0 Å². The zero-order chi connectivity index (χ0) is 15.1. The van der Waals surface area contributed by atoms with E-state index in [2.05, 4.69) is 5.32 Å². The lowest BCUT2D eigenvalue weighted by molar-refractivity contribution is -0.145. The minimum atomic E-state index is -0.675. The molecule has 1 rings (SSSR count). The summed E-state index contributed by atoms with van der Waals surface area (Å²) in [5.41, 5.74) is 0.580. The van der Waals surface area contributed by atoms with Crippen LogP contribution in [0.4, 0.5) is 0 Å². The highest BCUT2D eigenvalue weighted by Gasteiger charge is 2.28. The number of methoxy groups -OCH3 is 3. The minimum Gasteiger partial charge on any atom is -0.496 e. The van der Waals surface area contributed by atoms with Gasteiger partial charge in [0.1, 0.15) is 23.3 Å². The predicted molar refractivity (Wildman–Crippen MR) is 74.5 cm³/mol. The van der Waals surface area contributed by atoms with Gasteiger partial charge in [0.2, 0.25) is 0 Å². The first-order valence-corrected chi connectivity index (χ1v) is 6.26. The first-order valence-electron chi connectivity index (χ1n) is 6.26. The molecule has 1 aromatic carbocycles. The van der Waals surface area contributed by atoms with Crippen molar-refractivity contribution in [3.8, 4) is 17.2 Å². The maximum atomic E-state index is 12.0. The number of hydrogen-bond acceptors (Lipinski definition) is 6. The van der Waals surface area contributed by atoms with Crippen LogP contribution in [-0.2, 0) is 9.53 Å². The summed E-state index contributed by atoms with van der Waals surface area (Å²) in [6.45, 7) is 2.06. The monoisotopic (exact) mass is 283 g/mol. The molecular weight excluding hydrogens is 262 g/mol. The van der Waals surface area contributed by atoms with E-state index in [9.17, 15) is 4.79 Å². The Balaban J connectivity index is 3.35. The van der Waals surface area contributed by atoms with Crippen LogP contribution in [0.1, 0.15) is 18.5 Å². The molecule has 0 saturated heterocycles. The van der Waals surface area contributed by atoms with E-state index in [1.165, 1.54) is 14.2 Å². The van der Waals surface area contributed by atoms with Crippen LogP contribution in [0.5, 0.6) is 17.2 Å². The molecule has 0 aromatic heterocycles. The van der Waals surface area contributed by atoms with Gasteiger partial charge in [0.25, 0.3) is 0 Å². The van der Waals surface area contributed by atoms with Crippen LogP contribution < -0.4 is 19.5 Å². The molecule has 1 N–H and O–H groups in total. The quantitative estimate of drug-likeness (QED) is 0.766. The van der Waals surface area contributed by atoms with Crippen molar-refractivity contribution >= 4 is 5.97 Å². The molecule has 1 atom stereocenters. The smallest absolute Gasteiger partial charge is 0.328 e. The van der Waals surface area contributed by atoms with Crippen LogP contribution in [0.25, 0.3) is 0 Å². The maximum Gasteiger partial charge on any atom is 0.328 e. The molecule has 1 aromatic rings. The Morgan fingerprint density at radius 1 is 1.15 bits per heavy atom. The molecule has 0 radical (unpaired) electrons. The highest BCUT2D eigenvalue weighted by molar-refractivity contribution is 5.80. The van der Waals surface area contributed by atoms with E-state index in [-0.39, 0.29) is 0 Å². The molecule has 112 valence electrons. The standard InChI is InChI=1S/C14H21NO5/c1-6-20-14(16)13(15-2)12-10(18-4)7-9(17-3)8-11(12)19-5/h7-8,13,15H,6H2,1-5H3. The van der Waals surface area contributed by atoms with Gasteiger partial charge in [0.05, 0.1) is 33.5 Å². The van der Waals surface area contributed by atoms with E-state index in [1.807, 2.05) is 0 Å². The van der Waals surface area contributed by atoms with E-state index in [4.69, 9.17) is 18.9 Å². The summed E-state index contributed by atoms with van der Waals surface area (Å²) in [5, 5.41) is 2.91. The van der Waals surface area contributed by atoms with Crippen molar-refractivity contribution in [1.29, 1.82) is 0 Å². The Kier molecular flexibility index (Phi) is 6.11. The average molecular weight is 283 g/mol. The van der Waals surface area contributed by atoms with Crippen LogP contribution in [0.3, 0.4) is 0 Å². The second kappa shape index (κ2) is 7.59. The summed E-state index contributed by atoms with van der Waals surface area (Å²) >= 11 is 0. The predicted octanol–water partition coefficient (Wildman–Crippen LogP) is 1.54. The maximum absolute atomic E-state index is 12.0. The molecule has 0 aliphatic heterocycles. The summed E-state index contributed by atoms with van der Waals surface area (Å²) < 4.78 is 20.9. The average Bonchev–Trinajstić information content (AvgIpc) is 2.48. The fourth-order valence-corrected chi connectivity index (χ4v) is 1.92. The van der Waals surface area contributed by atoms with Gasteiger partial charge in [0.15, 0.2) is 0 Å². The van der Waals surface area contributed by atoms with Crippen LogP contribution >= 0.6 is 0 Å². The van der Waals surface area contributed by atoms with E-state index in [0.717, 1.165) is 0 Å². The number of likely N-dealkylation sites (N-methyl/N-ethyl adjacent to an activating group) is 1. The summed E-state index contributed by atoms with van der Waals surface area (Å²) in [6.07, 6.45) is 0. The molecule has 20 heavy (non-hydrogen) atoms. The molecule has 6 nitrogen and oxygen atoms in total. The van der Waals surface area contributed by atoms with Crippen molar-refractivity contribution in [1.82, 2.24) is 5.32 Å². The topological polar surface area (TPSA) is 66.0 Å². The molecule has 0 saturated carbocycles. The van der Waals surface area contributed by atoms with Crippen LogP contribution in [0, 0.1) is 0 Å². The fraction of sp³-hybridized carbons (Fsp3) is 0.500. The zero-order valence-electron chi connectivity index (χ0n) is 12.5. The summed E-state index contributed by atoms with van der Waals surface area (Å²) in [7, 11) is 6.27. The van der Waals surface area contributed by atoms with Crippen molar-refractivity contribution < 1.29 is 23.7 Å². The van der Waals surface area contributed by atoms with Gasteiger partial charge >= 0.3 is 5.97 Å². The molecule has 0 aliphatic rings. The van der Waals surface area contributed by atoms with Crippen LogP contribution in [0.15, 0.2) is 12.1 Å². The molecule has 0 spiro atoms. The van der Waals surface area contributed by atoms with Gasteiger partial charge in [0, 0.05) is 12.1 Å². The first kappa shape index (κ1) is 16.1. The number of nitrogens with one attached hydrogen (secondary N) is 1. The fourth-order valence-electron chi connectivity index (χ4n) is 1.92. The lowest BCUT2D eigenvalue weighted by Gasteiger charge is -2.21. The lowest BCUT2D eigenvalue weighted by Crippen LogP contribution is -2.28. The number of carbonyl (C=O) groups excluding carboxylic acids is 1. The van der Waals surface area contributed by atoms with Gasteiger partial charge in [-0.05, 0) is 14.0 Å². The van der Waals surface area contributed by atoms with Crippen LogP contribution in [-0.4, -0.2) is 41.0 Å². The molecule has 0 fully saturated rings. The highest BCUT2D eigenvalue weighted by Crippen LogP contribution is 2.38. The van der Waals surface area contributed by atoms with E-state index < -0.39 is 12.0 Å². The van der Waals surface area contributed by atoms with Gasteiger partial charge in [-0.2, -0.15) is 0 Å². The third kappa shape index (κ3) is 3.33.